The fraction of sp³-hybridized carbons (Fsp3) is 0.190. The van der Waals surface area contributed by atoms with Crippen LogP contribution in [0.2, 0.25) is 0 Å². The summed E-state index contributed by atoms with van der Waals surface area (Å²) in [5.74, 6) is 1.10. The molecule has 0 atom stereocenters. The highest BCUT2D eigenvalue weighted by Crippen LogP contribution is 2.16. The van der Waals surface area contributed by atoms with E-state index in [1.807, 2.05) is 37.3 Å². The van der Waals surface area contributed by atoms with Gasteiger partial charge in [0.2, 0.25) is 0 Å². The first-order valence-corrected chi connectivity index (χ1v) is 8.90. The SMILES string of the molecule is CCOc1ccc(NC(=O)c2ccc(NCCc3ccccc3)nn2)cc1. The molecule has 0 aliphatic rings. The number of aromatic nitrogens is 2. The lowest BCUT2D eigenvalue weighted by atomic mass is 10.1. The Morgan fingerprint density at radius 3 is 2.41 bits per heavy atom. The number of carbonyl (C=O) groups is 1. The average Bonchev–Trinajstić information content (AvgIpc) is 2.71. The van der Waals surface area contributed by atoms with Gasteiger partial charge in [0.25, 0.3) is 5.91 Å². The van der Waals surface area contributed by atoms with Crippen LogP contribution in [0.3, 0.4) is 0 Å². The van der Waals surface area contributed by atoms with E-state index in [-0.39, 0.29) is 11.6 Å². The second-order valence-electron chi connectivity index (χ2n) is 5.88. The molecule has 6 nitrogen and oxygen atoms in total. The van der Waals surface area contributed by atoms with Gasteiger partial charge in [-0.25, -0.2) is 0 Å². The van der Waals surface area contributed by atoms with Gasteiger partial charge in [0.1, 0.15) is 11.6 Å². The van der Waals surface area contributed by atoms with Crippen LogP contribution in [0.5, 0.6) is 5.75 Å². The Morgan fingerprint density at radius 1 is 0.963 bits per heavy atom. The van der Waals surface area contributed by atoms with Gasteiger partial charge in [-0.2, -0.15) is 0 Å². The summed E-state index contributed by atoms with van der Waals surface area (Å²) in [6, 6.07) is 20.8. The van der Waals surface area contributed by atoms with E-state index >= 15 is 0 Å². The van der Waals surface area contributed by atoms with Gasteiger partial charge in [0, 0.05) is 12.2 Å². The Hall–Kier alpha value is -3.41. The second kappa shape index (κ2) is 9.33. The predicted octanol–water partition coefficient (Wildman–Crippen LogP) is 3.78. The number of carbonyl (C=O) groups excluding carboxylic acids is 1. The molecular formula is C21H22N4O2. The normalized spacial score (nSPS) is 10.3. The molecule has 27 heavy (non-hydrogen) atoms. The lowest BCUT2D eigenvalue weighted by molar-refractivity contribution is 0.102. The Morgan fingerprint density at radius 2 is 1.74 bits per heavy atom. The molecule has 0 unspecified atom stereocenters. The first-order valence-electron chi connectivity index (χ1n) is 8.90. The largest absolute Gasteiger partial charge is 0.494 e. The molecule has 0 aliphatic heterocycles. The molecule has 3 aromatic rings. The lowest BCUT2D eigenvalue weighted by Crippen LogP contribution is -2.15. The standard InChI is InChI=1S/C21H22N4O2/c1-2-27-18-10-8-17(9-11-18)23-21(26)19-12-13-20(25-24-19)22-15-14-16-6-4-3-5-7-16/h3-13H,2,14-15H2,1H3,(H,22,25)(H,23,26). The number of hydrogen-bond donors (Lipinski definition) is 2. The van der Waals surface area contributed by atoms with E-state index < -0.39 is 0 Å². The molecule has 6 heteroatoms. The van der Waals surface area contributed by atoms with Crippen LogP contribution in [0.25, 0.3) is 0 Å². The van der Waals surface area contributed by atoms with Gasteiger partial charge in [-0.3, -0.25) is 4.79 Å². The molecule has 0 aliphatic carbocycles. The maximum absolute atomic E-state index is 12.3. The molecule has 1 aromatic heterocycles. The van der Waals surface area contributed by atoms with Gasteiger partial charge in [-0.1, -0.05) is 30.3 Å². The van der Waals surface area contributed by atoms with Gasteiger partial charge < -0.3 is 15.4 Å². The maximum atomic E-state index is 12.3. The summed E-state index contributed by atoms with van der Waals surface area (Å²) < 4.78 is 5.38. The monoisotopic (exact) mass is 362 g/mol. The Bertz CT molecular complexity index is 850. The van der Waals surface area contributed by atoms with Crippen molar-refractivity contribution in [1.29, 1.82) is 0 Å². The van der Waals surface area contributed by atoms with Crippen molar-refractivity contribution in [2.75, 3.05) is 23.8 Å². The number of nitrogens with one attached hydrogen (secondary N) is 2. The zero-order valence-electron chi connectivity index (χ0n) is 15.2. The Labute approximate surface area is 158 Å². The predicted molar refractivity (Wildman–Crippen MR) is 106 cm³/mol. The van der Waals surface area contributed by atoms with E-state index in [1.54, 1.807) is 24.3 Å². The van der Waals surface area contributed by atoms with E-state index in [0.29, 0.717) is 18.1 Å². The number of amides is 1. The van der Waals surface area contributed by atoms with Crippen LogP contribution in [0.4, 0.5) is 11.5 Å². The van der Waals surface area contributed by atoms with Crippen molar-refractivity contribution in [3.63, 3.8) is 0 Å². The Balaban J connectivity index is 1.50. The summed E-state index contributed by atoms with van der Waals surface area (Å²) in [5, 5.41) is 14.1. The van der Waals surface area contributed by atoms with Crippen molar-refractivity contribution in [2.24, 2.45) is 0 Å². The van der Waals surface area contributed by atoms with E-state index in [1.165, 1.54) is 5.56 Å². The van der Waals surface area contributed by atoms with Gasteiger partial charge in [-0.15, -0.1) is 10.2 Å². The van der Waals surface area contributed by atoms with Crippen LogP contribution in [-0.2, 0) is 6.42 Å². The van der Waals surface area contributed by atoms with E-state index in [9.17, 15) is 4.79 Å². The number of hydrogen-bond acceptors (Lipinski definition) is 5. The summed E-state index contributed by atoms with van der Waals surface area (Å²) in [7, 11) is 0. The number of benzene rings is 2. The molecular weight excluding hydrogens is 340 g/mol. The van der Waals surface area contributed by atoms with Crippen molar-refractivity contribution in [3.8, 4) is 5.75 Å². The molecule has 1 heterocycles. The highest BCUT2D eigenvalue weighted by molar-refractivity contribution is 6.02. The summed E-state index contributed by atoms with van der Waals surface area (Å²) in [4.78, 5) is 12.3. The van der Waals surface area contributed by atoms with E-state index in [0.717, 1.165) is 18.7 Å². The van der Waals surface area contributed by atoms with Crippen LogP contribution in [0.15, 0.2) is 66.7 Å². The molecule has 3 rings (SSSR count). The van der Waals surface area contributed by atoms with E-state index in [2.05, 4.69) is 33.0 Å². The number of rotatable bonds is 8. The van der Waals surface area contributed by atoms with Gasteiger partial charge in [0.15, 0.2) is 5.69 Å². The molecule has 0 fully saturated rings. The van der Waals surface area contributed by atoms with E-state index in [4.69, 9.17) is 4.74 Å². The number of nitrogens with zero attached hydrogens (tertiary/aromatic N) is 2. The fourth-order valence-corrected chi connectivity index (χ4v) is 2.52. The third-order valence-corrected chi connectivity index (χ3v) is 3.88. The molecule has 0 bridgehead atoms. The average molecular weight is 362 g/mol. The number of anilines is 2. The fourth-order valence-electron chi connectivity index (χ4n) is 2.52. The van der Waals surface area contributed by atoms with Crippen LogP contribution in [-0.4, -0.2) is 29.3 Å². The zero-order chi connectivity index (χ0) is 18.9. The van der Waals surface area contributed by atoms with Crippen LogP contribution >= 0.6 is 0 Å². The summed E-state index contributed by atoms with van der Waals surface area (Å²) >= 11 is 0. The molecule has 0 saturated carbocycles. The molecule has 0 spiro atoms. The minimum atomic E-state index is -0.303. The smallest absolute Gasteiger partial charge is 0.276 e. The lowest BCUT2D eigenvalue weighted by Gasteiger charge is -2.08. The minimum Gasteiger partial charge on any atom is -0.494 e. The first kappa shape index (κ1) is 18.4. The van der Waals surface area contributed by atoms with Crippen LogP contribution in [0.1, 0.15) is 23.0 Å². The summed E-state index contributed by atoms with van der Waals surface area (Å²) in [6.45, 7) is 3.28. The second-order valence-corrected chi connectivity index (χ2v) is 5.88. The quantitative estimate of drug-likeness (QED) is 0.638. The maximum Gasteiger partial charge on any atom is 0.276 e. The van der Waals surface area contributed by atoms with Crippen molar-refractivity contribution in [1.82, 2.24) is 10.2 Å². The summed E-state index contributed by atoms with van der Waals surface area (Å²) in [5.41, 5.74) is 2.19. The highest BCUT2D eigenvalue weighted by Gasteiger charge is 2.09. The van der Waals surface area contributed by atoms with Gasteiger partial charge in [0.05, 0.1) is 6.61 Å². The minimum absolute atomic E-state index is 0.262. The Kier molecular flexibility index (Phi) is 6.35. The molecule has 138 valence electrons. The molecule has 2 N–H and O–H groups in total. The summed E-state index contributed by atoms with van der Waals surface area (Å²) in [6.07, 6.45) is 0.891. The number of ether oxygens (including phenoxy) is 1. The first-order chi connectivity index (χ1) is 13.2. The molecule has 2 aromatic carbocycles. The van der Waals surface area contributed by atoms with Crippen molar-refractivity contribution in [3.05, 3.63) is 78.0 Å². The topological polar surface area (TPSA) is 76.1 Å². The van der Waals surface area contributed by atoms with Crippen molar-refractivity contribution in [2.45, 2.75) is 13.3 Å². The molecule has 1 amide bonds. The van der Waals surface area contributed by atoms with Gasteiger partial charge >= 0.3 is 0 Å². The van der Waals surface area contributed by atoms with Crippen molar-refractivity contribution < 1.29 is 9.53 Å². The third-order valence-electron chi connectivity index (χ3n) is 3.88. The highest BCUT2D eigenvalue weighted by atomic mass is 16.5. The van der Waals surface area contributed by atoms with Crippen molar-refractivity contribution >= 4 is 17.4 Å². The third kappa shape index (κ3) is 5.54. The molecule has 0 radical (unpaired) electrons. The van der Waals surface area contributed by atoms with Crippen LogP contribution < -0.4 is 15.4 Å². The zero-order valence-corrected chi connectivity index (χ0v) is 15.2. The molecule has 0 saturated heterocycles. The van der Waals surface area contributed by atoms with Crippen LogP contribution in [0, 0.1) is 0 Å². The van der Waals surface area contributed by atoms with Gasteiger partial charge in [-0.05, 0) is 55.3 Å².